The van der Waals surface area contributed by atoms with Gasteiger partial charge in [0.1, 0.15) is 52.4 Å². The van der Waals surface area contributed by atoms with Crippen molar-refractivity contribution in [3.63, 3.8) is 0 Å². The highest BCUT2D eigenvalue weighted by Gasteiger charge is 2.28. The number of nitrogens with one attached hydrogen (secondary N) is 2. The van der Waals surface area contributed by atoms with Gasteiger partial charge in [-0.1, -0.05) is 48.5 Å². The van der Waals surface area contributed by atoms with E-state index < -0.39 is 96.6 Å². The molecule has 5 heterocycles. The minimum Gasteiger partial charge on any atom is -0.462 e. The predicted molar refractivity (Wildman–Crippen MR) is 419 cm³/mol. The number of aromatic amines is 2. The van der Waals surface area contributed by atoms with E-state index in [-0.39, 0.29) is 52.4 Å². The Kier molecular flexibility index (Phi) is 27.3. The van der Waals surface area contributed by atoms with Crippen molar-refractivity contribution in [2.45, 2.75) is 160 Å². The molecule has 9 rings (SSSR count). The number of hydrogen-bond donors (Lipinski definition) is 2. The molecule has 0 atom stereocenters. The molecule has 24 nitrogen and oxygen atoms in total. The van der Waals surface area contributed by atoms with Gasteiger partial charge in [-0.2, -0.15) is 0 Å². The number of esters is 8. The van der Waals surface area contributed by atoms with E-state index in [1.807, 2.05) is 121 Å². The molecule has 0 unspecified atom stereocenters. The first kappa shape index (κ1) is 80.5. The van der Waals surface area contributed by atoms with Gasteiger partial charge in [-0.25, -0.2) is 9.97 Å². The van der Waals surface area contributed by atoms with E-state index in [1.54, 1.807) is 155 Å². The molecule has 570 valence electrons. The molecule has 0 aliphatic carbocycles. The number of ether oxygens (including phenoxy) is 8. The summed E-state index contributed by atoms with van der Waals surface area (Å²) in [5, 5.41) is 0. The Morgan fingerprint density at radius 1 is 0.269 bits per heavy atom. The summed E-state index contributed by atoms with van der Waals surface area (Å²) in [5.41, 5.74) is 10.8. The minimum absolute atomic E-state index is 0.297. The molecule has 108 heavy (non-hydrogen) atoms. The summed E-state index contributed by atoms with van der Waals surface area (Å²) in [4.78, 5) is 134. The van der Waals surface area contributed by atoms with Gasteiger partial charge in [-0.05, 0) is 230 Å². The van der Waals surface area contributed by atoms with Crippen LogP contribution in [0.3, 0.4) is 0 Å². The van der Waals surface area contributed by atoms with Crippen molar-refractivity contribution in [2.24, 2.45) is 0 Å². The number of anilines is 4. The summed E-state index contributed by atoms with van der Waals surface area (Å²) in [6.45, 7) is 25.6. The van der Waals surface area contributed by atoms with Crippen LogP contribution in [0.2, 0.25) is 0 Å². The van der Waals surface area contributed by atoms with Crippen LogP contribution in [0, 0.1) is 0 Å². The monoisotopic (exact) mass is 1470 g/mol. The van der Waals surface area contributed by atoms with Crippen LogP contribution in [0.15, 0.2) is 121 Å². The van der Waals surface area contributed by atoms with Gasteiger partial charge >= 0.3 is 47.8 Å². The molecule has 2 N–H and O–H groups in total. The summed E-state index contributed by atoms with van der Waals surface area (Å²) in [5.74, 6) is -4.50. The highest BCUT2D eigenvalue weighted by Crippen LogP contribution is 2.41. The van der Waals surface area contributed by atoms with Crippen LogP contribution in [0.25, 0.3) is 90.9 Å². The lowest BCUT2D eigenvalue weighted by Crippen LogP contribution is -2.37. The first-order valence-electron chi connectivity index (χ1n) is 36.5. The number of benzene rings is 4. The van der Waals surface area contributed by atoms with Crippen LogP contribution in [0.5, 0.6) is 0 Å². The van der Waals surface area contributed by atoms with Gasteiger partial charge in [0.25, 0.3) is 0 Å². The second kappa shape index (κ2) is 36.6. The van der Waals surface area contributed by atoms with Crippen molar-refractivity contribution in [3.8, 4) is 44.5 Å². The third kappa shape index (κ3) is 22.3. The number of carbonyl (C=O) groups excluding carboxylic acids is 8. The topological polar surface area (TPSA) is 281 Å². The Bertz CT molecular complexity index is 4030. The SMILES string of the molecule is CC(C)OC(=O)CN(CC(=O)OC(C)C)c1cccc(-c2c3nc(c(-c4cccc(N(CC(=O)OC(C)C)CC(=O)OC(C)C)c4)c4ccc([nH]4)c(-c4cccc(N(CC(=O)OC(C)C)CC(=O)OC(C)C)c4)c4nc(c(-c5cccc(N(CC(=O)OC(C)C)CC(=O)OC(C)C)c5)c5ccc2[nH]5)C=C4)C=C3)c1. The summed E-state index contributed by atoms with van der Waals surface area (Å²) in [6, 6.07) is 37.2. The second-order valence-corrected chi connectivity index (χ2v) is 28.4. The summed E-state index contributed by atoms with van der Waals surface area (Å²) >= 11 is 0. The van der Waals surface area contributed by atoms with Crippen molar-refractivity contribution >= 4 is 117 Å². The Morgan fingerprint density at radius 2 is 0.435 bits per heavy atom. The van der Waals surface area contributed by atoms with Crippen LogP contribution in [0.1, 0.15) is 134 Å². The smallest absolute Gasteiger partial charge is 0.325 e. The van der Waals surface area contributed by atoms with E-state index in [1.165, 1.54) is 0 Å². The molecule has 8 bridgehead atoms. The number of rotatable bonds is 32. The van der Waals surface area contributed by atoms with Crippen LogP contribution in [-0.4, -0.2) is 169 Å². The van der Waals surface area contributed by atoms with Gasteiger partial charge in [0.05, 0.1) is 71.6 Å². The number of H-pyrrole nitrogens is 2. The van der Waals surface area contributed by atoms with Gasteiger partial charge in [-0.15, -0.1) is 0 Å². The summed E-state index contributed by atoms with van der Waals surface area (Å²) in [6.07, 6.45) is 4.03. The molecule has 0 radical (unpaired) electrons. The predicted octanol–water partition coefficient (Wildman–Crippen LogP) is 14.2. The number of hydrogen-bond acceptors (Lipinski definition) is 22. The Labute approximate surface area is 630 Å². The fraction of sp³-hybridized carbons (Fsp3) is 0.381. The molecule has 7 aromatic rings. The maximum Gasteiger partial charge on any atom is 0.325 e. The zero-order valence-electron chi connectivity index (χ0n) is 64.3. The van der Waals surface area contributed by atoms with E-state index in [4.69, 9.17) is 47.9 Å². The third-order valence-corrected chi connectivity index (χ3v) is 16.3. The van der Waals surface area contributed by atoms with E-state index in [9.17, 15) is 38.4 Å². The second-order valence-electron chi connectivity index (χ2n) is 28.4. The molecule has 2 aliphatic rings. The standard InChI is InChI=1S/C84H98N8O16/c1-49(2)101-73(93)41-89(42-74(94)102-50(3)4)61-25-17-21-57(37-61)81-65-29-31-67(85-65)82(58-22-18-26-62(38-58)90(43-75(95)103-51(5)6)44-76(96)104-52(7)8)69-33-35-71(87-69)84(60-24-20-28-64(40-60)92(47-79(99)107-55(13)14)48-80(100)108-56(15)16)72-36-34-70(88-72)83(68-32-30-66(81)86-68)59-23-19-27-63(39-59)91(45-77(97)105-53(9)10)46-78(98)106-54(11)12/h17-40,49-56,85,88H,41-48H2,1-16H3. The van der Waals surface area contributed by atoms with Crippen LogP contribution in [-0.2, 0) is 76.3 Å². The maximum atomic E-state index is 13.6. The average Bonchev–Trinajstić information content (AvgIpc) is 1.60. The highest BCUT2D eigenvalue weighted by atomic mass is 16.6. The van der Waals surface area contributed by atoms with Crippen molar-refractivity contribution < 1.29 is 76.3 Å². The fourth-order valence-electron chi connectivity index (χ4n) is 12.5. The van der Waals surface area contributed by atoms with Crippen LogP contribution >= 0.6 is 0 Å². The van der Waals surface area contributed by atoms with Crippen LogP contribution in [0.4, 0.5) is 22.7 Å². The van der Waals surface area contributed by atoms with Crippen molar-refractivity contribution in [1.82, 2.24) is 19.9 Å². The minimum atomic E-state index is -0.563. The van der Waals surface area contributed by atoms with Gasteiger partial charge in [-0.3, -0.25) is 38.4 Å². The van der Waals surface area contributed by atoms with Gasteiger partial charge in [0, 0.05) is 67.1 Å². The lowest BCUT2D eigenvalue weighted by molar-refractivity contribution is -0.148. The zero-order valence-corrected chi connectivity index (χ0v) is 64.3. The van der Waals surface area contributed by atoms with Crippen molar-refractivity contribution in [1.29, 1.82) is 0 Å². The van der Waals surface area contributed by atoms with Crippen molar-refractivity contribution in [2.75, 3.05) is 72.0 Å². The summed E-state index contributed by atoms with van der Waals surface area (Å²) in [7, 11) is 0. The quantitative estimate of drug-likeness (QED) is 0.0293. The molecule has 0 saturated carbocycles. The Balaban J connectivity index is 1.41. The van der Waals surface area contributed by atoms with Gasteiger partial charge in [0.15, 0.2) is 0 Å². The molecule has 4 aromatic carbocycles. The Morgan fingerprint density at radius 3 is 0.593 bits per heavy atom. The molecular formula is C84H98N8O16. The molecule has 24 heteroatoms. The number of fused-ring (bicyclic) bond motifs is 8. The van der Waals surface area contributed by atoms with Crippen molar-refractivity contribution in [3.05, 3.63) is 144 Å². The fourth-order valence-corrected chi connectivity index (χ4v) is 12.5. The molecule has 0 spiro atoms. The van der Waals surface area contributed by atoms with E-state index in [0.717, 1.165) is 0 Å². The highest BCUT2D eigenvalue weighted by molar-refractivity contribution is 6.01. The van der Waals surface area contributed by atoms with Gasteiger partial charge < -0.3 is 67.5 Å². The maximum absolute atomic E-state index is 13.6. The third-order valence-electron chi connectivity index (χ3n) is 16.3. The lowest BCUT2D eigenvalue weighted by Gasteiger charge is -2.24. The number of carbonyl (C=O) groups is 8. The molecule has 0 saturated heterocycles. The van der Waals surface area contributed by atoms with E-state index in [0.29, 0.717) is 112 Å². The van der Waals surface area contributed by atoms with Gasteiger partial charge in [0.2, 0.25) is 0 Å². The number of nitrogens with zero attached hydrogens (tertiary/aromatic N) is 6. The van der Waals surface area contributed by atoms with E-state index >= 15 is 0 Å². The Hall–Kier alpha value is -11.6. The molecule has 2 aliphatic heterocycles. The first-order chi connectivity index (χ1) is 51.3. The molecule has 0 fully saturated rings. The molecule has 0 amide bonds. The number of aromatic nitrogens is 4. The largest absolute Gasteiger partial charge is 0.462 e. The normalized spacial score (nSPS) is 11.8. The average molecular weight is 1480 g/mol. The molecular weight excluding hydrogens is 1380 g/mol. The molecule has 3 aromatic heterocycles. The lowest BCUT2D eigenvalue weighted by atomic mass is 10.0. The van der Waals surface area contributed by atoms with E-state index in [2.05, 4.69) is 9.97 Å². The zero-order chi connectivity index (χ0) is 78.2. The van der Waals surface area contributed by atoms with Crippen LogP contribution < -0.4 is 19.6 Å². The summed E-state index contributed by atoms with van der Waals surface area (Å²) < 4.78 is 45.1. The first-order valence-corrected chi connectivity index (χ1v) is 36.5.